The van der Waals surface area contributed by atoms with Gasteiger partial charge in [-0.2, -0.15) is 0 Å². The highest BCUT2D eigenvalue weighted by Gasteiger charge is 2.48. The van der Waals surface area contributed by atoms with Gasteiger partial charge in [0.1, 0.15) is 0 Å². The Morgan fingerprint density at radius 3 is 2.16 bits per heavy atom. The Hall–Kier alpha value is -2.61. The largest absolute Gasteiger partial charge is 0.465 e. The summed E-state index contributed by atoms with van der Waals surface area (Å²) >= 11 is 12.3. The van der Waals surface area contributed by atoms with E-state index in [-0.39, 0.29) is 36.4 Å². The number of benzene rings is 2. The highest BCUT2D eigenvalue weighted by Crippen LogP contribution is 2.36. The van der Waals surface area contributed by atoms with Crippen LogP contribution in [0, 0.1) is 0 Å². The van der Waals surface area contributed by atoms with E-state index in [2.05, 4.69) is 4.90 Å². The maximum atomic E-state index is 13.7. The number of piperazine rings is 1. The first-order chi connectivity index (χ1) is 18.4. The molecular formula is C29H33Cl2N3O4. The Labute approximate surface area is 233 Å². The molecule has 0 unspecified atom stereocenters. The third kappa shape index (κ3) is 5.42. The summed E-state index contributed by atoms with van der Waals surface area (Å²) in [5.41, 5.74) is 1.78. The van der Waals surface area contributed by atoms with Gasteiger partial charge in [0.05, 0.1) is 41.2 Å². The SMILES string of the molecule is COC(=O)c1ccc(C(=O)N2CCN(C(=O)Cc3ccc(Cl)c(Cl)c3)[C@H]3[C@H](N4CCCC4)CCC[C@H]32)cc1. The minimum Gasteiger partial charge on any atom is -0.465 e. The van der Waals surface area contributed by atoms with Gasteiger partial charge in [-0.05, 0) is 87.2 Å². The summed E-state index contributed by atoms with van der Waals surface area (Å²) in [6, 6.07) is 12.1. The van der Waals surface area contributed by atoms with Crippen molar-refractivity contribution in [1.82, 2.24) is 14.7 Å². The van der Waals surface area contributed by atoms with Crippen LogP contribution < -0.4 is 0 Å². The van der Waals surface area contributed by atoms with Gasteiger partial charge < -0.3 is 14.5 Å². The number of fused-ring (bicyclic) bond motifs is 1. The van der Waals surface area contributed by atoms with Crippen LogP contribution in [0.2, 0.25) is 10.0 Å². The summed E-state index contributed by atoms with van der Waals surface area (Å²) in [6.45, 7) is 3.02. The monoisotopic (exact) mass is 557 g/mol. The van der Waals surface area contributed by atoms with Gasteiger partial charge in [0.2, 0.25) is 5.91 Å². The fourth-order valence-electron chi connectivity index (χ4n) is 6.39. The summed E-state index contributed by atoms with van der Waals surface area (Å²) in [5.74, 6) is -0.437. The molecule has 0 radical (unpaired) electrons. The molecule has 2 aromatic carbocycles. The summed E-state index contributed by atoms with van der Waals surface area (Å²) in [4.78, 5) is 45.8. The lowest BCUT2D eigenvalue weighted by molar-refractivity contribution is -0.141. The lowest BCUT2D eigenvalue weighted by atomic mass is 9.81. The average molecular weight is 559 g/mol. The predicted molar refractivity (Wildman–Crippen MR) is 147 cm³/mol. The summed E-state index contributed by atoms with van der Waals surface area (Å²) in [5, 5.41) is 0.909. The second kappa shape index (κ2) is 11.6. The molecule has 7 nitrogen and oxygen atoms in total. The first-order valence-corrected chi connectivity index (χ1v) is 14.1. The Bertz CT molecular complexity index is 1200. The molecule has 2 aliphatic heterocycles. The number of nitrogens with zero attached hydrogens (tertiary/aromatic N) is 3. The number of esters is 1. The molecule has 3 fully saturated rings. The molecule has 1 saturated carbocycles. The van der Waals surface area contributed by atoms with Gasteiger partial charge in [0, 0.05) is 24.7 Å². The lowest BCUT2D eigenvalue weighted by Crippen LogP contribution is -2.69. The van der Waals surface area contributed by atoms with Crippen molar-refractivity contribution in [3.8, 4) is 0 Å². The second-order valence-electron chi connectivity index (χ2n) is 10.4. The van der Waals surface area contributed by atoms with E-state index in [0.717, 1.165) is 37.9 Å². The number of likely N-dealkylation sites (tertiary alicyclic amines) is 1. The fourth-order valence-corrected chi connectivity index (χ4v) is 6.71. The van der Waals surface area contributed by atoms with Gasteiger partial charge in [-0.15, -0.1) is 0 Å². The molecule has 3 atom stereocenters. The van der Waals surface area contributed by atoms with Crippen LogP contribution in [0.25, 0.3) is 0 Å². The average Bonchev–Trinajstić information content (AvgIpc) is 3.48. The molecule has 0 N–H and O–H groups in total. The molecule has 2 amide bonds. The van der Waals surface area contributed by atoms with E-state index in [4.69, 9.17) is 27.9 Å². The molecule has 2 saturated heterocycles. The van der Waals surface area contributed by atoms with Crippen molar-refractivity contribution >= 4 is 41.0 Å². The van der Waals surface area contributed by atoms with Crippen molar-refractivity contribution in [2.75, 3.05) is 33.3 Å². The van der Waals surface area contributed by atoms with Crippen LogP contribution >= 0.6 is 23.2 Å². The second-order valence-corrected chi connectivity index (χ2v) is 11.2. The standard InChI is InChI=1S/C29H33Cl2N3O4/c1-38-29(37)21-10-8-20(9-11-21)28(36)33-15-16-34(26(35)18-19-7-12-22(30)23(31)17-19)27-24(5-4-6-25(27)33)32-13-2-3-14-32/h7-12,17,24-25,27H,2-6,13-16,18H2,1H3/t24-,25-,27+/m1/s1. The van der Waals surface area contributed by atoms with Crippen LogP contribution in [0.15, 0.2) is 42.5 Å². The maximum absolute atomic E-state index is 13.7. The lowest BCUT2D eigenvalue weighted by Gasteiger charge is -2.54. The molecular weight excluding hydrogens is 525 g/mol. The first-order valence-electron chi connectivity index (χ1n) is 13.3. The Balaban J connectivity index is 1.41. The molecule has 0 aromatic heterocycles. The minimum absolute atomic E-state index is 0.0546. The molecule has 3 aliphatic rings. The fraction of sp³-hybridized carbons (Fsp3) is 0.483. The number of rotatable bonds is 5. The van der Waals surface area contributed by atoms with Gasteiger partial charge in [0.25, 0.3) is 5.91 Å². The zero-order chi connectivity index (χ0) is 26.8. The number of hydrogen-bond donors (Lipinski definition) is 0. The van der Waals surface area contributed by atoms with Crippen LogP contribution in [0.4, 0.5) is 0 Å². The van der Waals surface area contributed by atoms with E-state index in [1.165, 1.54) is 20.0 Å². The molecule has 2 heterocycles. The molecule has 9 heteroatoms. The zero-order valence-corrected chi connectivity index (χ0v) is 23.1. The Morgan fingerprint density at radius 2 is 1.47 bits per heavy atom. The van der Waals surface area contributed by atoms with Crippen LogP contribution in [0.1, 0.15) is 58.4 Å². The topological polar surface area (TPSA) is 70.2 Å². The van der Waals surface area contributed by atoms with Gasteiger partial charge in [0.15, 0.2) is 0 Å². The summed E-state index contributed by atoms with van der Waals surface area (Å²) in [7, 11) is 1.34. The highest BCUT2D eigenvalue weighted by molar-refractivity contribution is 6.42. The number of amides is 2. The van der Waals surface area contributed by atoms with Crippen molar-refractivity contribution in [1.29, 1.82) is 0 Å². The number of methoxy groups -OCH3 is 1. The zero-order valence-electron chi connectivity index (χ0n) is 21.6. The quantitative estimate of drug-likeness (QED) is 0.498. The van der Waals surface area contributed by atoms with E-state index in [1.807, 2.05) is 15.9 Å². The minimum atomic E-state index is -0.432. The molecule has 0 spiro atoms. The molecule has 2 aromatic rings. The Morgan fingerprint density at radius 1 is 0.816 bits per heavy atom. The van der Waals surface area contributed by atoms with Gasteiger partial charge in [-0.25, -0.2) is 4.79 Å². The van der Waals surface area contributed by atoms with Crippen LogP contribution in [-0.4, -0.2) is 83.9 Å². The van der Waals surface area contributed by atoms with Crippen molar-refractivity contribution in [2.45, 2.75) is 56.7 Å². The van der Waals surface area contributed by atoms with Gasteiger partial charge in [-0.3, -0.25) is 14.5 Å². The third-order valence-electron chi connectivity index (χ3n) is 8.21. The number of halogens is 2. The molecule has 202 valence electrons. The van der Waals surface area contributed by atoms with E-state index in [1.54, 1.807) is 36.4 Å². The van der Waals surface area contributed by atoms with Crippen molar-refractivity contribution in [3.63, 3.8) is 0 Å². The number of carbonyl (C=O) groups excluding carboxylic acids is 3. The number of ether oxygens (including phenoxy) is 1. The van der Waals surface area contributed by atoms with E-state index >= 15 is 0 Å². The van der Waals surface area contributed by atoms with E-state index < -0.39 is 5.97 Å². The highest BCUT2D eigenvalue weighted by atomic mass is 35.5. The third-order valence-corrected chi connectivity index (χ3v) is 8.95. The Kier molecular flexibility index (Phi) is 8.26. The molecule has 0 bridgehead atoms. The first kappa shape index (κ1) is 27.0. The number of carbonyl (C=O) groups is 3. The molecule has 38 heavy (non-hydrogen) atoms. The van der Waals surface area contributed by atoms with Crippen LogP contribution in [0.5, 0.6) is 0 Å². The van der Waals surface area contributed by atoms with E-state index in [0.29, 0.717) is 34.3 Å². The van der Waals surface area contributed by atoms with Crippen LogP contribution in [-0.2, 0) is 16.0 Å². The molecule has 1 aliphatic carbocycles. The summed E-state index contributed by atoms with van der Waals surface area (Å²) < 4.78 is 4.78. The van der Waals surface area contributed by atoms with Crippen molar-refractivity contribution < 1.29 is 19.1 Å². The van der Waals surface area contributed by atoms with Gasteiger partial charge in [-0.1, -0.05) is 29.3 Å². The molecule has 5 rings (SSSR count). The predicted octanol–water partition coefficient (Wildman–Crippen LogP) is 4.69. The van der Waals surface area contributed by atoms with Gasteiger partial charge >= 0.3 is 5.97 Å². The summed E-state index contributed by atoms with van der Waals surface area (Å²) in [6.07, 6.45) is 5.48. The van der Waals surface area contributed by atoms with Crippen molar-refractivity contribution in [2.24, 2.45) is 0 Å². The normalized spacial score (nSPS) is 23.7. The number of hydrogen-bond acceptors (Lipinski definition) is 5. The maximum Gasteiger partial charge on any atom is 0.337 e. The smallest absolute Gasteiger partial charge is 0.337 e. The van der Waals surface area contributed by atoms with E-state index in [9.17, 15) is 14.4 Å². The van der Waals surface area contributed by atoms with Crippen LogP contribution in [0.3, 0.4) is 0 Å². The van der Waals surface area contributed by atoms with Crippen molar-refractivity contribution in [3.05, 3.63) is 69.2 Å².